The number of aromatic nitrogens is 4. The van der Waals surface area contributed by atoms with Gasteiger partial charge in [-0.2, -0.15) is 10.4 Å². The van der Waals surface area contributed by atoms with Crippen LogP contribution in [0.4, 0.5) is 11.6 Å². The van der Waals surface area contributed by atoms with Crippen molar-refractivity contribution < 1.29 is 9.47 Å². The van der Waals surface area contributed by atoms with Crippen molar-refractivity contribution in [1.82, 2.24) is 25.1 Å². The molecule has 0 unspecified atom stereocenters. The number of H-pyrrole nitrogens is 1. The summed E-state index contributed by atoms with van der Waals surface area (Å²) in [5.41, 5.74) is 1.92. The number of nitrogens with zero attached hydrogens (tertiary/aromatic N) is 5. The summed E-state index contributed by atoms with van der Waals surface area (Å²) in [4.78, 5) is 10.4. The summed E-state index contributed by atoms with van der Waals surface area (Å²) in [7, 11) is 3.73. The molecule has 156 valence electrons. The number of hydrogen-bond donors (Lipinski definition) is 2. The number of likely N-dealkylation sites (tertiary alicyclic amines) is 1. The van der Waals surface area contributed by atoms with Gasteiger partial charge >= 0.3 is 0 Å². The monoisotopic (exact) mass is 427 g/mol. The smallest absolute Gasteiger partial charge is 0.158 e. The fourth-order valence-corrected chi connectivity index (χ4v) is 3.26. The second kappa shape index (κ2) is 9.43. The molecule has 4 rings (SSSR count). The average Bonchev–Trinajstić information content (AvgIpc) is 3.37. The molecule has 10 heteroatoms. The van der Waals surface area contributed by atoms with Crippen molar-refractivity contribution in [3.8, 4) is 28.8 Å². The summed E-state index contributed by atoms with van der Waals surface area (Å²) in [5.74, 6) is 2.56. The Morgan fingerprint density at radius 1 is 1.23 bits per heavy atom. The van der Waals surface area contributed by atoms with Crippen LogP contribution in [0.3, 0.4) is 0 Å². The van der Waals surface area contributed by atoms with Gasteiger partial charge in [-0.25, -0.2) is 9.97 Å². The Morgan fingerprint density at radius 2 is 2.10 bits per heavy atom. The van der Waals surface area contributed by atoms with Crippen molar-refractivity contribution in [3.05, 3.63) is 42.4 Å². The minimum absolute atomic E-state index is 0. The normalized spacial score (nSPS) is 15.8. The maximum atomic E-state index is 8.79. The lowest BCUT2D eigenvalue weighted by Crippen LogP contribution is -2.21. The van der Waals surface area contributed by atoms with Gasteiger partial charge in [-0.05, 0) is 25.6 Å². The molecule has 0 radical (unpaired) electrons. The third kappa shape index (κ3) is 4.79. The number of anilines is 2. The molecular formula is C20H22ClN7O2. The average molecular weight is 428 g/mol. The number of ether oxygens (including phenoxy) is 2. The number of methoxy groups -OCH3 is 1. The summed E-state index contributed by atoms with van der Waals surface area (Å²) < 4.78 is 11.7. The molecule has 1 aliphatic heterocycles. The summed E-state index contributed by atoms with van der Waals surface area (Å²) >= 11 is 0. The highest BCUT2D eigenvalue weighted by Crippen LogP contribution is 2.34. The molecule has 0 spiro atoms. The Morgan fingerprint density at radius 3 is 2.77 bits per heavy atom. The molecule has 3 aromatic rings. The minimum Gasteiger partial charge on any atom is -0.496 e. The van der Waals surface area contributed by atoms with Crippen molar-refractivity contribution in [2.45, 2.75) is 12.5 Å². The first-order valence-corrected chi connectivity index (χ1v) is 9.23. The maximum absolute atomic E-state index is 8.79. The lowest BCUT2D eigenvalue weighted by molar-refractivity contribution is 0.207. The molecule has 1 saturated heterocycles. The molecule has 1 fully saturated rings. The van der Waals surface area contributed by atoms with Crippen LogP contribution in [0.25, 0.3) is 11.3 Å². The minimum atomic E-state index is 0. The van der Waals surface area contributed by atoms with Gasteiger partial charge in [0.05, 0.1) is 25.2 Å². The van der Waals surface area contributed by atoms with Gasteiger partial charge in [0, 0.05) is 30.8 Å². The standard InChI is InChI=1S/C20H21N7O2.ClH/c1-27-6-5-15(12-27)29-14-3-4-16(18(7-14)28-2)17-8-19(26-25-17)24-20-11-22-13(9-21)10-23-20;/h3-4,7-8,10-11,15H,5-6,12H2,1-2H3,(H2,23,24,25,26);1H/t15-;/m1./s1. The van der Waals surface area contributed by atoms with E-state index in [0.717, 1.165) is 36.5 Å². The van der Waals surface area contributed by atoms with Crippen molar-refractivity contribution in [3.63, 3.8) is 0 Å². The summed E-state index contributed by atoms with van der Waals surface area (Å²) in [6, 6.07) is 9.57. The first-order chi connectivity index (χ1) is 14.1. The van der Waals surface area contributed by atoms with E-state index in [1.807, 2.05) is 30.3 Å². The number of likely N-dealkylation sites (N-methyl/N-ethyl adjacent to an activating group) is 1. The molecule has 3 heterocycles. The predicted molar refractivity (Wildman–Crippen MR) is 114 cm³/mol. The Balaban J connectivity index is 0.00000256. The molecule has 1 aliphatic rings. The fourth-order valence-electron chi connectivity index (χ4n) is 3.26. The molecule has 30 heavy (non-hydrogen) atoms. The number of rotatable bonds is 6. The zero-order valence-corrected chi connectivity index (χ0v) is 17.4. The number of benzene rings is 1. The Kier molecular flexibility index (Phi) is 6.72. The molecule has 0 amide bonds. The maximum Gasteiger partial charge on any atom is 0.158 e. The highest BCUT2D eigenvalue weighted by Gasteiger charge is 2.21. The van der Waals surface area contributed by atoms with Crippen LogP contribution in [-0.2, 0) is 0 Å². The van der Waals surface area contributed by atoms with Crippen LogP contribution in [0.1, 0.15) is 12.1 Å². The van der Waals surface area contributed by atoms with Crippen LogP contribution in [0, 0.1) is 11.3 Å². The third-order valence-electron chi connectivity index (χ3n) is 4.71. The van der Waals surface area contributed by atoms with E-state index in [1.165, 1.54) is 12.4 Å². The van der Waals surface area contributed by atoms with Crippen LogP contribution in [0.15, 0.2) is 36.7 Å². The molecule has 1 atom stereocenters. The zero-order valence-electron chi connectivity index (χ0n) is 16.6. The molecule has 0 bridgehead atoms. The van der Waals surface area contributed by atoms with Gasteiger partial charge in [-0.15, -0.1) is 12.4 Å². The van der Waals surface area contributed by atoms with E-state index in [4.69, 9.17) is 14.7 Å². The summed E-state index contributed by atoms with van der Waals surface area (Å²) in [6.07, 6.45) is 4.11. The van der Waals surface area contributed by atoms with Crippen molar-refractivity contribution in [2.75, 3.05) is 32.6 Å². The number of aromatic amines is 1. The van der Waals surface area contributed by atoms with Crippen LogP contribution < -0.4 is 14.8 Å². The van der Waals surface area contributed by atoms with E-state index in [9.17, 15) is 0 Å². The number of halogens is 1. The first-order valence-electron chi connectivity index (χ1n) is 9.23. The van der Waals surface area contributed by atoms with Crippen LogP contribution in [-0.4, -0.2) is 58.4 Å². The lowest BCUT2D eigenvalue weighted by atomic mass is 10.1. The second-order valence-corrected chi connectivity index (χ2v) is 6.84. The highest BCUT2D eigenvalue weighted by molar-refractivity contribution is 5.85. The van der Waals surface area contributed by atoms with Crippen molar-refractivity contribution in [1.29, 1.82) is 5.26 Å². The molecule has 0 saturated carbocycles. The Labute approximate surface area is 180 Å². The third-order valence-corrected chi connectivity index (χ3v) is 4.71. The van der Waals surface area contributed by atoms with Gasteiger partial charge in [0.2, 0.25) is 0 Å². The lowest BCUT2D eigenvalue weighted by Gasteiger charge is -2.15. The van der Waals surface area contributed by atoms with Gasteiger partial charge < -0.3 is 19.7 Å². The summed E-state index contributed by atoms with van der Waals surface area (Å²) in [6.45, 7) is 1.98. The highest BCUT2D eigenvalue weighted by atomic mass is 35.5. The van der Waals surface area contributed by atoms with E-state index in [1.54, 1.807) is 7.11 Å². The fraction of sp³-hybridized carbons (Fsp3) is 0.300. The SMILES string of the molecule is COc1cc(O[C@@H]2CCN(C)C2)ccc1-c1cc(Nc2cnc(C#N)cn2)n[nH]1.Cl. The van der Waals surface area contributed by atoms with Crippen LogP contribution >= 0.6 is 12.4 Å². The largest absolute Gasteiger partial charge is 0.496 e. The molecule has 2 N–H and O–H groups in total. The number of nitrogens with one attached hydrogen (secondary N) is 2. The molecular weight excluding hydrogens is 406 g/mol. The van der Waals surface area contributed by atoms with Gasteiger partial charge in [-0.1, -0.05) is 0 Å². The van der Waals surface area contributed by atoms with Gasteiger partial charge in [-0.3, -0.25) is 5.10 Å². The zero-order chi connectivity index (χ0) is 20.2. The molecule has 0 aliphatic carbocycles. The van der Waals surface area contributed by atoms with E-state index >= 15 is 0 Å². The number of nitriles is 1. The Hall–Kier alpha value is -3.35. The first kappa shape index (κ1) is 21.4. The van der Waals surface area contributed by atoms with Gasteiger partial charge in [0.1, 0.15) is 29.5 Å². The number of hydrogen-bond acceptors (Lipinski definition) is 8. The van der Waals surface area contributed by atoms with Gasteiger partial charge in [0.15, 0.2) is 11.5 Å². The van der Waals surface area contributed by atoms with Gasteiger partial charge in [0.25, 0.3) is 0 Å². The van der Waals surface area contributed by atoms with Crippen LogP contribution in [0.2, 0.25) is 0 Å². The second-order valence-electron chi connectivity index (χ2n) is 6.84. The van der Waals surface area contributed by atoms with Crippen molar-refractivity contribution in [2.24, 2.45) is 0 Å². The van der Waals surface area contributed by atoms with E-state index < -0.39 is 0 Å². The Bertz CT molecular complexity index is 1030. The molecule has 1 aromatic carbocycles. The van der Waals surface area contributed by atoms with E-state index in [2.05, 4.69) is 37.4 Å². The predicted octanol–water partition coefficient (Wildman–Crippen LogP) is 3.00. The topological polar surface area (TPSA) is 112 Å². The van der Waals surface area contributed by atoms with E-state index in [0.29, 0.717) is 17.4 Å². The molecule has 9 nitrogen and oxygen atoms in total. The van der Waals surface area contributed by atoms with Crippen molar-refractivity contribution >= 4 is 24.0 Å². The van der Waals surface area contributed by atoms with E-state index in [-0.39, 0.29) is 24.2 Å². The van der Waals surface area contributed by atoms with Crippen LogP contribution in [0.5, 0.6) is 11.5 Å². The summed E-state index contributed by atoms with van der Waals surface area (Å²) in [5, 5.41) is 19.1. The molecule has 2 aromatic heterocycles. The quantitative estimate of drug-likeness (QED) is 0.617.